The maximum Gasteiger partial charge on any atom is 0.378 e. The lowest BCUT2D eigenvalue weighted by Gasteiger charge is -2.43. The maximum absolute atomic E-state index is 13.2. The summed E-state index contributed by atoms with van der Waals surface area (Å²) in [5, 5.41) is 0. The first-order valence-corrected chi connectivity index (χ1v) is 12.2. The Morgan fingerprint density at radius 1 is 0.615 bits per heavy atom. The highest BCUT2D eigenvalue weighted by Crippen LogP contribution is 2.90. The summed E-state index contributed by atoms with van der Waals surface area (Å²) in [5.41, 5.74) is 2.66. The molecule has 0 amide bonds. The summed E-state index contributed by atoms with van der Waals surface area (Å²) in [5.74, 6) is 0. The van der Waals surface area contributed by atoms with Crippen molar-refractivity contribution in [2.75, 3.05) is 0 Å². The van der Waals surface area contributed by atoms with Gasteiger partial charge in [0.1, 0.15) is 0 Å². The quantitative estimate of drug-likeness (QED) is 0.542. The van der Waals surface area contributed by atoms with E-state index >= 15 is 0 Å². The predicted octanol–water partition coefficient (Wildman–Crippen LogP) is 5.99. The molecule has 2 N–H and O–H groups in total. The predicted molar refractivity (Wildman–Crippen MR) is 108 cm³/mol. The Morgan fingerprint density at radius 2 is 0.885 bits per heavy atom. The molecule has 0 aliphatic heterocycles. The molecule has 3 aromatic rings. The van der Waals surface area contributed by atoms with Crippen LogP contribution < -0.4 is 0 Å². The number of rotatable bonds is 4. The summed E-state index contributed by atoms with van der Waals surface area (Å²) in [6.45, 7) is 1.19. The first-order chi connectivity index (χ1) is 12.3. The molecule has 0 radical (unpaired) electrons. The topological polar surface area (TPSA) is 57.5 Å². The van der Waals surface area contributed by atoms with Crippen LogP contribution in [0.15, 0.2) is 87.5 Å². The zero-order valence-corrected chi connectivity index (χ0v) is 16.8. The molecule has 0 aliphatic carbocycles. The number of hydrogen-bond donors (Lipinski definition) is 2. The Hall–Kier alpha value is -1.84. The molecule has 3 nitrogen and oxygen atoms in total. The average molecular weight is 386 g/mol. The Morgan fingerprint density at radius 3 is 1.12 bits per heavy atom. The van der Waals surface area contributed by atoms with Crippen molar-refractivity contribution in [3.8, 4) is 0 Å². The van der Waals surface area contributed by atoms with Gasteiger partial charge in [-0.2, -0.15) is 0 Å². The Bertz CT molecular complexity index is 883. The van der Waals surface area contributed by atoms with Crippen LogP contribution in [0, 0.1) is 20.8 Å². The number of aryl methyl sites for hydroxylation is 3. The molecule has 0 spiro atoms. The van der Waals surface area contributed by atoms with Crippen molar-refractivity contribution < 1.29 is 14.4 Å². The molecule has 0 saturated carbocycles. The van der Waals surface area contributed by atoms with Crippen LogP contribution in [0.5, 0.6) is 0 Å². The lowest BCUT2D eigenvalue weighted by molar-refractivity contribution is 0.395. The molecule has 0 bridgehead atoms. The van der Waals surface area contributed by atoms with Gasteiger partial charge in [-0.3, -0.25) is 0 Å². The summed E-state index contributed by atoms with van der Waals surface area (Å²) in [6.07, 6.45) is 0. The molecule has 0 aromatic heterocycles. The van der Waals surface area contributed by atoms with Gasteiger partial charge in [-0.1, -0.05) is 64.2 Å². The lowest BCUT2D eigenvalue weighted by atomic mass is 10.2. The van der Waals surface area contributed by atoms with E-state index in [0.29, 0.717) is 0 Å². The van der Waals surface area contributed by atoms with E-state index in [1.54, 1.807) is 0 Å². The SMILES string of the molecule is Cc1ccccc1S(c1ccccc1C)(c1ccccc1C)P(=O)(O)O. The fourth-order valence-corrected chi connectivity index (χ4v) is 11.5. The van der Waals surface area contributed by atoms with Crippen LogP contribution in [0.2, 0.25) is 0 Å². The second-order valence-electron chi connectivity index (χ2n) is 6.37. The van der Waals surface area contributed by atoms with Crippen LogP contribution in [-0.2, 0) is 4.57 Å². The zero-order valence-electron chi connectivity index (χ0n) is 15.1. The normalized spacial score (nSPS) is 12.8. The molecule has 26 heavy (non-hydrogen) atoms. The first-order valence-electron chi connectivity index (χ1n) is 8.36. The molecular weight excluding hydrogens is 363 g/mol. The van der Waals surface area contributed by atoms with Gasteiger partial charge in [0.05, 0.1) is 0 Å². The van der Waals surface area contributed by atoms with E-state index < -0.39 is 16.4 Å². The van der Waals surface area contributed by atoms with Gasteiger partial charge in [0.15, 0.2) is 0 Å². The summed E-state index contributed by atoms with van der Waals surface area (Å²) in [7, 11) is -2.77. The average Bonchev–Trinajstić information content (AvgIpc) is 2.59. The van der Waals surface area contributed by atoms with E-state index in [2.05, 4.69) is 0 Å². The van der Waals surface area contributed by atoms with Crippen LogP contribution >= 0.6 is 16.4 Å². The van der Waals surface area contributed by atoms with E-state index in [9.17, 15) is 14.4 Å². The summed E-state index contributed by atoms with van der Waals surface area (Å²) >= 11 is 0. The van der Waals surface area contributed by atoms with Crippen molar-refractivity contribution in [1.82, 2.24) is 0 Å². The standard InChI is InChI=1S/C21H23O3PS/c1-16-10-4-7-13-19(16)26(25(22,23)24,20-14-8-5-11-17(20)2)21-15-9-6-12-18(21)3/h4-15H,1-3H3,(H2,22,23,24). The van der Waals surface area contributed by atoms with Crippen molar-refractivity contribution >= 4 is 16.4 Å². The highest BCUT2D eigenvalue weighted by atomic mass is 32.8. The van der Waals surface area contributed by atoms with E-state index in [1.165, 1.54) is 0 Å². The first kappa shape index (κ1) is 18.9. The number of benzene rings is 3. The molecule has 136 valence electrons. The van der Waals surface area contributed by atoms with Crippen molar-refractivity contribution in [2.45, 2.75) is 35.5 Å². The van der Waals surface area contributed by atoms with Gasteiger partial charge >= 0.3 is 6.80 Å². The molecule has 0 saturated heterocycles. The van der Waals surface area contributed by atoms with Crippen LogP contribution in [0.1, 0.15) is 16.7 Å². The van der Waals surface area contributed by atoms with Gasteiger partial charge in [-0.05, 0) is 55.7 Å². The van der Waals surface area contributed by atoms with Gasteiger partial charge in [-0.25, -0.2) is 4.57 Å². The zero-order chi connectivity index (χ0) is 18.9. The summed E-state index contributed by atoms with van der Waals surface area (Å²) < 4.78 is 13.2. The van der Waals surface area contributed by atoms with Crippen LogP contribution in [-0.4, -0.2) is 9.79 Å². The third-order valence-electron chi connectivity index (χ3n) is 4.59. The fraction of sp³-hybridized carbons (Fsp3) is 0.143. The summed E-state index contributed by atoms with van der Waals surface area (Å²) in [4.78, 5) is 23.8. The molecule has 3 rings (SSSR count). The van der Waals surface area contributed by atoms with Gasteiger partial charge < -0.3 is 9.79 Å². The van der Waals surface area contributed by atoms with Crippen LogP contribution in [0.4, 0.5) is 0 Å². The smallest absolute Gasteiger partial charge is 0.317 e. The molecule has 5 heteroatoms. The monoisotopic (exact) mass is 386 g/mol. The highest BCUT2D eigenvalue weighted by molar-refractivity contribution is 8.76. The fourth-order valence-electron chi connectivity index (χ4n) is 3.40. The molecule has 0 unspecified atom stereocenters. The molecule has 3 aromatic carbocycles. The van der Waals surface area contributed by atoms with Crippen molar-refractivity contribution in [2.24, 2.45) is 0 Å². The number of hydrogen-bond acceptors (Lipinski definition) is 1. The van der Waals surface area contributed by atoms with Crippen LogP contribution in [0.3, 0.4) is 0 Å². The van der Waals surface area contributed by atoms with Gasteiger partial charge in [0, 0.05) is 14.7 Å². The Labute approximate surface area is 155 Å². The second-order valence-corrected chi connectivity index (χ2v) is 12.9. The van der Waals surface area contributed by atoms with Gasteiger partial charge in [0.25, 0.3) is 0 Å². The maximum atomic E-state index is 13.2. The minimum absolute atomic E-state index is 0.719. The Kier molecular flexibility index (Phi) is 5.14. The van der Waals surface area contributed by atoms with Gasteiger partial charge in [0.2, 0.25) is 0 Å². The van der Waals surface area contributed by atoms with Crippen molar-refractivity contribution in [1.29, 1.82) is 0 Å². The van der Waals surface area contributed by atoms with Gasteiger partial charge in [-0.15, -0.1) is 0 Å². The second kappa shape index (κ2) is 7.05. The molecule has 0 fully saturated rings. The molecular formula is C21H23O3PS. The Balaban J connectivity index is 2.58. The molecule has 0 atom stereocenters. The van der Waals surface area contributed by atoms with Crippen LogP contribution in [0.25, 0.3) is 0 Å². The largest absolute Gasteiger partial charge is 0.378 e. The third-order valence-corrected chi connectivity index (χ3v) is 12.5. The molecule has 0 aliphatic rings. The highest BCUT2D eigenvalue weighted by Gasteiger charge is 2.48. The minimum Gasteiger partial charge on any atom is -0.317 e. The van der Waals surface area contributed by atoms with E-state index in [1.807, 2.05) is 93.6 Å². The van der Waals surface area contributed by atoms with E-state index in [-0.39, 0.29) is 0 Å². The lowest BCUT2D eigenvalue weighted by Crippen LogP contribution is -2.09. The van der Waals surface area contributed by atoms with E-state index in [4.69, 9.17) is 0 Å². The van der Waals surface area contributed by atoms with E-state index in [0.717, 1.165) is 31.4 Å². The van der Waals surface area contributed by atoms with Crippen molar-refractivity contribution in [3.63, 3.8) is 0 Å². The minimum atomic E-state index is -4.57. The molecule has 0 heterocycles. The van der Waals surface area contributed by atoms with Crippen molar-refractivity contribution in [3.05, 3.63) is 89.5 Å². The summed E-state index contributed by atoms with van der Waals surface area (Å²) in [6, 6.07) is 22.6. The third kappa shape index (κ3) is 2.93.